The van der Waals surface area contributed by atoms with E-state index >= 15 is 0 Å². The van der Waals surface area contributed by atoms with Crippen LogP contribution in [0.1, 0.15) is 50.0 Å². The zero-order valence-corrected chi connectivity index (χ0v) is 20.6. The van der Waals surface area contributed by atoms with Crippen LogP contribution in [-0.2, 0) is 6.42 Å². The van der Waals surface area contributed by atoms with Crippen molar-refractivity contribution in [3.63, 3.8) is 0 Å². The average Bonchev–Trinajstić information content (AvgIpc) is 2.88. The van der Waals surface area contributed by atoms with Crippen LogP contribution in [0.25, 0.3) is 0 Å². The molecule has 2 aliphatic rings. The van der Waals surface area contributed by atoms with Crippen molar-refractivity contribution in [2.45, 2.75) is 25.7 Å². The predicted molar refractivity (Wildman–Crippen MR) is 135 cm³/mol. The van der Waals surface area contributed by atoms with Crippen molar-refractivity contribution in [3.05, 3.63) is 81.6 Å². The third kappa shape index (κ3) is 4.60. The average molecular weight is 491 g/mol. The molecule has 1 amide bonds. The number of hydrogen-bond acceptors (Lipinski definition) is 6. The monoisotopic (exact) mass is 490 g/mol. The molecule has 2 heterocycles. The Morgan fingerprint density at radius 2 is 1.71 bits per heavy atom. The molecule has 0 radical (unpaired) electrons. The lowest BCUT2D eigenvalue weighted by atomic mass is 9.81. The van der Waals surface area contributed by atoms with Gasteiger partial charge in [-0.15, -0.1) is 0 Å². The Hall–Kier alpha value is -3.45. The fraction of sp³-hybridized carbons (Fsp3) is 0.333. The molecule has 1 fully saturated rings. The molecule has 1 aromatic heterocycles. The van der Waals surface area contributed by atoms with Crippen LogP contribution >= 0.6 is 11.6 Å². The summed E-state index contributed by atoms with van der Waals surface area (Å²) in [6.07, 6.45) is 1.13. The zero-order valence-electron chi connectivity index (χ0n) is 19.8. The van der Waals surface area contributed by atoms with Crippen LogP contribution in [0.3, 0.4) is 0 Å². The van der Waals surface area contributed by atoms with Gasteiger partial charge in [-0.3, -0.25) is 9.59 Å². The van der Waals surface area contributed by atoms with Crippen molar-refractivity contribution >= 4 is 29.2 Å². The molecule has 1 aliphatic carbocycles. The van der Waals surface area contributed by atoms with Crippen molar-refractivity contribution in [2.24, 2.45) is 0 Å². The van der Waals surface area contributed by atoms with E-state index in [9.17, 15) is 9.59 Å². The second-order valence-electron chi connectivity index (χ2n) is 8.99. The molecule has 1 saturated heterocycles. The van der Waals surface area contributed by atoms with Gasteiger partial charge in [-0.25, -0.2) is 9.97 Å². The summed E-state index contributed by atoms with van der Waals surface area (Å²) in [5, 5.41) is 0.681. The number of anilines is 1. The SMILES string of the molecule is COc1ccccc1C(=O)N1CCN(c2nc(C)c3c(n2)CC(c2ccc(Cl)cc2)CC3=O)CC1. The van der Waals surface area contributed by atoms with E-state index in [1.807, 2.05) is 48.2 Å². The minimum Gasteiger partial charge on any atom is -0.496 e. The first kappa shape index (κ1) is 23.3. The van der Waals surface area contributed by atoms with E-state index < -0.39 is 0 Å². The fourth-order valence-corrected chi connectivity index (χ4v) is 5.10. The van der Waals surface area contributed by atoms with Gasteiger partial charge in [0.05, 0.1) is 29.6 Å². The normalized spacial score (nSPS) is 17.8. The van der Waals surface area contributed by atoms with E-state index in [2.05, 4.69) is 9.88 Å². The number of rotatable bonds is 4. The number of benzene rings is 2. The Labute approximate surface area is 209 Å². The maximum Gasteiger partial charge on any atom is 0.257 e. The lowest BCUT2D eigenvalue weighted by Gasteiger charge is -2.35. The molecule has 8 heteroatoms. The molecule has 0 N–H and O–H groups in total. The highest BCUT2D eigenvalue weighted by Gasteiger charge is 2.31. The fourth-order valence-electron chi connectivity index (χ4n) is 4.97. The van der Waals surface area contributed by atoms with Crippen LogP contribution in [0.15, 0.2) is 48.5 Å². The van der Waals surface area contributed by atoms with Gasteiger partial charge in [0.15, 0.2) is 5.78 Å². The molecule has 0 spiro atoms. The third-order valence-electron chi connectivity index (χ3n) is 6.83. The number of aryl methyl sites for hydroxylation is 1. The zero-order chi connectivity index (χ0) is 24.5. The molecule has 3 aromatic rings. The van der Waals surface area contributed by atoms with Gasteiger partial charge in [-0.1, -0.05) is 35.9 Å². The van der Waals surface area contributed by atoms with Gasteiger partial charge in [0.25, 0.3) is 5.91 Å². The molecule has 2 aromatic carbocycles. The number of para-hydroxylation sites is 1. The van der Waals surface area contributed by atoms with Gasteiger partial charge in [0.1, 0.15) is 5.75 Å². The maximum absolute atomic E-state index is 13.0. The number of carbonyl (C=O) groups excluding carboxylic acids is 2. The molecule has 1 unspecified atom stereocenters. The number of piperazine rings is 1. The summed E-state index contributed by atoms with van der Waals surface area (Å²) in [6.45, 7) is 4.23. The van der Waals surface area contributed by atoms with Crippen LogP contribution in [0, 0.1) is 6.92 Å². The van der Waals surface area contributed by atoms with Gasteiger partial charge in [-0.2, -0.15) is 0 Å². The highest BCUT2D eigenvalue weighted by atomic mass is 35.5. The Balaban J connectivity index is 1.33. The molecule has 0 bridgehead atoms. The van der Waals surface area contributed by atoms with E-state index in [4.69, 9.17) is 21.3 Å². The first-order chi connectivity index (χ1) is 16.9. The Morgan fingerprint density at radius 3 is 2.43 bits per heavy atom. The van der Waals surface area contributed by atoms with Crippen molar-refractivity contribution in [2.75, 3.05) is 38.2 Å². The van der Waals surface area contributed by atoms with Crippen LogP contribution in [0.2, 0.25) is 5.02 Å². The number of halogens is 1. The summed E-state index contributed by atoms with van der Waals surface area (Å²) in [7, 11) is 1.57. The summed E-state index contributed by atoms with van der Waals surface area (Å²) in [5.41, 5.74) is 3.84. The van der Waals surface area contributed by atoms with Crippen LogP contribution < -0.4 is 9.64 Å². The van der Waals surface area contributed by atoms with Gasteiger partial charge in [0, 0.05) is 37.6 Å². The summed E-state index contributed by atoms with van der Waals surface area (Å²) >= 11 is 6.04. The van der Waals surface area contributed by atoms with Crippen LogP contribution in [-0.4, -0.2) is 59.8 Å². The summed E-state index contributed by atoms with van der Waals surface area (Å²) < 4.78 is 5.36. The quantitative estimate of drug-likeness (QED) is 0.542. The van der Waals surface area contributed by atoms with E-state index in [-0.39, 0.29) is 17.6 Å². The number of nitrogens with zero attached hydrogens (tertiary/aromatic N) is 4. The largest absolute Gasteiger partial charge is 0.496 e. The molecular weight excluding hydrogens is 464 g/mol. The number of fused-ring (bicyclic) bond motifs is 1. The van der Waals surface area contributed by atoms with Crippen molar-refractivity contribution in [1.82, 2.24) is 14.9 Å². The summed E-state index contributed by atoms with van der Waals surface area (Å²) in [5.74, 6) is 1.32. The Morgan fingerprint density at radius 1 is 1.00 bits per heavy atom. The Kier molecular flexibility index (Phi) is 6.43. The minimum atomic E-state index is -0.0407. The smallest absolute Gasteiger partial charge is 0.257 e. The van der Waals surface area contributed by atoms with Crippen molar-refractivity contribution in [1.29, 1.82) is 0 Å². The van der Waals surface area contributed by atoms with Crippen molar-refractivity contribution < 1.29 is 14.3 Å². The summed E-state index contributed by atoms with van der Waals surface area (Å²) in [6, 6.07) is 15.0. The lowest BCUT2D eigenvalue weighted by Crippen LogP contribution is -2.49. The predicted octanol–water partition coefficient (Wildman–Crippen LogP) is 4.32. The Bertz CT molecular complexity index is 1270. The topological polar surface area (TPSA) is 75.6 Å². The van der Waals surface area contributed by atoms with E-state index in [1.165, 1.54) is 0 Å². The maximum atomic E-state index is 13.0. The molecule has 1 atom stereocenters. The number of aromatic nitrogens is 2. The number of Topliss-reactive ketones (excluding diaryl/α,β-unsaturated/α-hetero) is 1. The standard InChI is InChI=1S/C27H27ClN4O3/c1-17-25-22(15-19(16-23(25)33)18-7-9-20(28)10-8-18)30-27(29-17)32-13-11-31(12-14-32)26(34)21-5-3-4-6-24(21)35-2/h3-10,19H,11-16H2,1-2H3. The number of carbonyl (C=O) groups is 2. The van der Waals surface area contributed by atoms with Crippen molar-refractivity contribution in [3.8, 4) is 5.75 Å². The van der Waals surface area contributed by atoms with E-state index in [0.29, 0.717) is 66.9 Å². The van der Waals surface area contributed by atoms with Crippen LogP contribution in [0.5, 0.6) is 5.75 Å². The van der Waals surface area contributed by atoms with Gasteiger partial charge in [-0.05, 0) is 49.1 Å². The molecule has 35 heavy (non-hydrogen) atoms. The van der Waals surface area contributed by atoms with E-state index in [0.717, 1.165) is 17.0 Å². The van der Waals surface area contributed by atoms with Gasteiger partial charge >= 0.3 is 0 Å². The summed E-state index contributed by atoms with van der Waals surface area (Å²) in [4.78, 5) is 39.5. The highest BCUT2D eigenvalue weighted by molar-refractivity contribution is 6.30. The molecule has 0 saturated carbocycles. The van der Waals surface area contributed by atoms with Gasteiger partial charge < -0.3 is 14.5 Å². The molecule has 7 nitrogen and oxygen atoms in total. The second-order valence-corrected chi connectivity index (χ2v) is 9.43. The lowest BCUT2D eigenvalue weighted by molar-refractivity contribution is 0.0742. The minimum absolute atomic E-state index is 0.0407. The third-order valence-corrected chi connectivity index (χ3v) is 7.08. The second kappa shape index (κ2) is 9.66. The number of ether oxygens (including phenoxy) is 1. The molecule has 1 aliphatic heterocycles. The first-order valence-electron chi connectivity index (χ1n) is 11.8. The molecular formula is C27H27ClN4O3. The highest BCUT2D eigenvalue weighted by Crippen LogP contribution is 2.34. The number of ketones is 1. The van der Waals surface area contributed by atoms with Crippen LogP contribution in [0.4, 0.5) is 5.95 Å². The number of amides is 1. The molecule has 180 valence electrons. The number of methoxy groups -OCH3 is 1. The first-order valence-corrected chi connectivity index (χ1v) is 12.2. The number of hydrogen-bond donors (Lipinski definition) is 0. The molecule has 5 rings (SSSR count). The van der Waals surface area contributed by atoms with Gasteiger partial charge in [0.2, 0.25) is 5.95 Å². The van der Waals surface area contributed by atoms with E-state index in [1.54, 1.807) is 19.2 Å².